The molecule has 0 bridgehead atoms. The lowest BCUT2D eigenvalue weighted by molar-refractivity contribution is -0.128. The molecule has 2 N–H and O–H groups in total. The second-order valence-corrected chi connectivity index (χ2v) is 5.32. The van der Waals surface area contributed by atoms with Crippen LogP contribution in [0.2, 0.25) is 0 Å². The molecule has 3 heteroatoms. The SMILES string of the molecule is COC1C(N)CC1OCCC(C)(C)C. The Hall–Kier alpha value is -0.120. The van der Waals surface area contributed by atoms with Crippen LogP contribution in [0.25, 0.3) is 0 Å². The zero-order chi connectivity index (χ0) is 10.8. The van der Waals surface area contributed by atoms with Gasteiger partial charge in [0.1, 0.15) is 0 Å². The van der Waals surface area contributed by atoms with Crippen molar-refractivity contribution in [3.63, 3.8) is 0 Å². The van der Waals surface area contributed by atoms with E-state index in [1.807, 2.05) is 0 Å². The molecule has 0 aromatic rings. The fraction of sp³-hybridized carbons (Fsp3) is 1.00. The number of ether oxygens (including phenoxy) is 2. The minimum absolute atomic E-state index is 0.106. The number of hydrogen-bond donors (Lipinski definition) is 1. The lowest BCUT2D eigenvalue weighted by Gasteiger charge is -2.41. The summed E-state index contributed by atoms with van der Waals surface area (Å²) in [7, 11) is 1.70. The Kier molecular flexibility index (Phi) is 3.93. The van der Waals surface area contributed by atoms with Crippen LogP contribution in [0.4, 0.5) is 0 Å². The first-order valence-corrected chi connectivity index (χ1v) is 5.34. The molecule has 0 amide bonds. The van der Waals surface area contributed by atoms with Crippen molar-refractivity contribution < 1.29 is 9.47 Å². The minimum atomic E-state index is 0.106. The van der Waals surface area contributed by atoms with Gasteiger partial charge in [-0.05, 0) is 18.3 Å². The average molecular weight is 201 g/mol. The number of hydrogen-bond acceptors (Lipinski definition) is 3. The summed E-state index contributed by atoms with van der Waals surface area (Å²) >= 11 is 0. The zero-order valence-electron chi connectivity index (χ0n) is 9.75. The van der Waals surface area contributed by atoms with Crippen molar-refractivity contribution >= 4 is 0 Å². The summed E-state index contributed by atoms with van der Waals surface area (Å²) in [5.74, 6) is 0. The smallest absolute Gasteiger partial charge is 0.0984 e. The Balaban J connectivity index is 2.14. The van der Waals surface area contributed by atoms with Gasteiger partial charge < -0.3 is 15.2 Å². The second kappa shape index (κ2) is 4.60. The van der Waals surface area contributed by atoms with E-state index in [-0.39, 0.29) is 18.2 Å². The summed E-state index contributed by atoms with van der Waals surface area (Å²) in [6.45, 7) is 7.46. The summed E-state index contributed by atoms with van der Waals surface area (Å²) in [6, 6.07) is 0.166. The van der Waals surface area contributed by atoms with E-state index in [9.17, 15) is 0 Å². The molecule has 0 spiro atoms. The molecule has 3 nitrogen and oxygen atoms in total. The summed E-state index contributed by atoms with van der Waals surface area (Å²) in [6.07, 6.45) is 2.34. The van der Waals surface area contributed by atoms with Crippen LogP contribution >= 0.6 is 0 Å². The third kappa shape index (κ3) is 3.23. The van der Waals surface area contributed by atoms with E-state index >= 15 is 0 Å². The van der Waals surface area contributed by atoms with Gasteiger partial charge in [0.15, 0.2) is 0 Å². The maximum Gasteiger partial charge on any atom is 0.0984 e. The van der Waals surface area contributed by atoms with Crippen molar-refractivity contribution in [2.45, 2.75) is 51.9 Å². The Morgan fingerprint density at radius 3 is 2.43 bits per heavy atom. The summed E-state index contributed by atoms with van der Waals surface area (Å²) in [5.41, 5.74) is 6.12. The van der Waals surface area contributed by atoms with Crippen LogP contribution in [0.1, 0.15) is 33.6 Å². The lowest BCUT2D eigenvalue weighted by Crippen LogP contribution is -2.57. The predicted molar refractivity (Wildman–Crippen MR) is 57.2 cm³/mol. The summed E-state index contributed by atoms with van der Waals surface area (Å²) in [5, 5.41) is 0. The summed E-state index contributed by atoms with van der Waals surface area (Å²) in [4.78, 5) is 0. The normalized spacial score (nSPS) is 32.8. The molecule has 1 aliphatic rings. The van der Waals surface area contributed by atoms with Crippen molar-refractivity contribution in [1.29, 1.82) is 0 Å². The van der Waals surface area contributed by atoms with Crippen LogP contribution in [0.3, 0.4) is 0 Å². The van der Waals surface area contributed by atoms with E-state index in [2.05, 4.69) is 20.8 Å². The molecule has 0 aromatic heterocycles. The highest BCUT2D eigenvalue weighted by atomic mass is 16.5. The molecule has 0 heterocycles. The standard InChI is InChI=1S/C11H23NO2/c1-11(2,3)5-6-14-9-7-8(12)10(9)13-4/h8-10H,5-7,12H2,1-4H3. The molecule has 1 saturated carbocycles. The Morgan fingerprint density at radius 2 is 2.00 bits per heavy atom. The number of methoxy groups -OCH3 is 1. The van der Waals surface area contributed by atoms with Gasteiger partial charge in [0.05, 0.1) is 12.2 Å². The third-order valence-corrected chi connectivity index (χ3v) is 2.75. The van der Waals surface area contributed by atoms with Gasteiger partial charge in [-0.1, -0.05) is 20.8 Å². The summed E-state index contributed by atoms with van der Waals surface area (Å²) < 4.78 is 11.0. The maximum atomic E-state index is 5.78. The maximum absolute atomic E-state index is 5.78. The number of nitrogens with two attached hydrogens (primary N) is 1. The van der Waals surface area contributed by atoms with Crippen LogP contribution in [-0.4, -0.2) is 32.0 Å². The van der Waals surface area contributed by atoms with E-state index in [1.54, 1.807) is 7.11 Å². The quantitative estimate of drug-likeness (QED) is 0.750. The topological polar surface area (TPSA) is 44.5 Å². The van der Waals surface area contributed by atoms with Crippen LogP contribution < -0.4 is 5.73 Å². The van der Waals surface area contributed by atoms with Crippen molar-refractivity contribution in [2.24, 2.45) is 11.1 Å². The molecule has 1 rings (SSSR count). The molecular formula is C11H23NO2. The molecule has 84 valence electrons. The fourth-order valence-corrected chi connectivity index (χ4v) is 1.62. The van der Waals surface area contributed by atoms with E-state index in [4.69, 9.17) is 15.2 Å². The molecule has 14 heavy (non-hydrogen) atoms. The van der Waals surface area contributed by atoms with Crippen molar-refractivity contribution in [1.82, 2.24) is 0 Å². The van der Waals surface area contributed by atoms with Crippen molar-refractivity contribution in [2.75, 3.05) is 13.7 Å². The van der Waals surface area contributed by atoms with Crippen LogP contribution in [-0.2, 0) is 9.47 Å². The van der Waals surface area contributed by atoms with Gasteiger partial charge in [-0.15, -0.1) is 0 Å². The fourth-order valence-electron chi connectivity index (χ4n) is 1.62. The largest absolute Gasteiger partial charge is 0.377 e. The lowest BCUT2D eigenvalue weighted by atomic mass is 9.86. The molecular weight excluding hydrogens is 178 g/mol. The highest BCUT2D eigenvalue weighted by molar-refractivity contribution is 4.94. The molecule has 1 aliphatic carbocycles. The van der Waals surface area contributed by atoms with Crippen LogP contribution in [0.5, 0.6) is 0 Å². The molecule has 0 radical (unpaired) electrons. The first-order chi connectivity index (χ1) is 6.44. The molecule has 0 aromatic carbocycles. The predicted octanol–water partition coefficient (Wildman–Crippen LogP) is 1.55. The van der Waals surface area contributed by atoms with E-state index in [1.165, 1.54) is 0 Å². The Morgan fingerprint density at radius 1 is 1.36 bits per heavy atom. The van der Waals surface area contributed by atoms with Crippen LogP contribution in [0.15, 0.2) is 0 Å². The van der Waals surface area contributed by atoms with E-state index in [0.717, 1.165) is 19.4 Å². The van der Waals surface area contributed by atoms with E-state index < -0.39 is 0 Å². The average Bonchev–Trinajstić information content (AvgIpc) is 2.01. The molecule has 3 unspecified atom stereocenters. The molecule has 1 fully saturated rings. The monoisotopic (exact) mass is 201 g/mol. The van der Waals surface area contributed by atoms with Crippen LogP contribution in [0, 0.1) is 5.41 Å². The first-order valence-electron chi connectivity index (χ1n) is 5.34. The third-order valence-electron chi connectivity index (χ3n) is 2.75. The number of rotatable bonds is 4. The Labute approximate surface area is 86.9 Å². The van der Waals surface area contributed by atoms with Gasteiger partial charge in [-0.25, -0.2) is 0 Å². The second-order valence-electron chi connectivity index (χ2n) is 5.32. The van der Waals surface area contributed by atoms with Crippen molar-refractivity contribution in [3.05, 3.63) is 0 Å². The van der Waals surface area contributed by atoms with Gasteiger partial charge in [0.2, 0.25) is 0 Å². The van der Waals surface area contributed by atoms with Gasteiger partial charge in [0, 0.05) is 19.8 Å². The highest BCUT2D eigenvalue weighted by Crippen LogP contribution is 2.26. The van der Waals surface area contributed by atoms with Crippen molar-refractivity contribution in [3.8, 4) is 0 Å². The van der Waals surface area contributed by atoms with E-state index in [0.29, 0.717) is 5.41 Å². The van der Waals surface area contributed by atoms with Gasteiger partial charge in [-0.3, -0.25) is 0 Å². The zero-order valence-corrected chi connectivity index (χ0v) is 9.75. The highest BCUT2D eigenvalue weighted by Gasteiger charge is 2.39. The van der Waals surface area contributed by atoms with Gasteiger partial charge >= 0.3 is 0 Å². The minimum Gasteiger partial charge on any atom is -0.377 e. The first kappa shape index (κ1) is 12.0. The van der Waals surface area contributed by atoms with Gasteiger partial charge in [0.25, 0.3) is 0 Å². The molecule has 3 atom stereocenters. The molecule has 0 saturated heterocycles. The Bertz CT molecular complexity index is 177. The molecule has 0 aliphatic heterocycles. The van der Waals surface area contributed by atoms with Gasteiger partial charge in [-0.2, -0.15) is 0 Å².